The molecular weight excluding hydrogens is 420 g/mol. The summed E-state index contributed by atoms with van der Waals surface area (Å²) in [5.41, 5.74) is 1.78. The Morgan fingerprint density at radius 3 is 2.64 bits per heavy atom. The maximum absolute atomic E-state index is 12.5. The van der Waals surface area contributed by atoms with Crippen LogP contribution in [0.2, 0.25) is 0 Å². The maximum atomic E-state index is 12.5. The predicted molar refractivity (Wildman–Crippen MR) is 110 cm³/mol. The number of halogens is 1. The van der Waals surface area contributed by atoms with Crippen LogP contribution in [0.1, 0.15) is 11.1 Å². The van der Waals surface area contributed by atoms with Crippen molar-refractivity contribution in [3.05, 3.63) is 69.0 Å². The van der Waals surface area contributed by atoms with Crippen LogP contribution in [-0.2, 0) is 4.79 Å². The van der Waals surface area contributed by atoms with Gasteiger partial charge in [-0.25, -0.2) is 0 Å². The summed E-state index contributed by atoms with van der Waals surface area (Å²) >= 11 is 9.92. The number of carbonyl (C=O) groups is 1. The van der Waals surface area contributed by atoms with Crippen LogP contribution in [0.5, 0.6) is 5.75 Å². The van der Waals surface area contributed by atoms with Crippen molar-refractivity contribution in [2.75, 3.05) is 7.11 Å². The van der Waals surface area contributed by atoms with Crippen molar-refractivity contribution < 1.29 is 9.53 Å². The molecule has 1 aliphatic rings. The molecule has 0 atom stereocenters. The molecule has 0 aliphatic carbocycles. The summed E-state index contributed by atoms with van der Waals surface area (Å²) in [6.07, 6.45) is 3.42. The van der Waals surface area contributed by atoms with Crippen molar-refractivity contribution in [1.29, 1.82) is 0 Å². The van der Waals surface area contributed by atoms with Crippen molar-refractivity contribution in [2.24, 2.45) is 5.10 Å². The number of nitrogens with zero attached hydrogens (tertiary/aromatic N) is 2. The van der Waals surface area contributed by atoms with Crippen LogP contribution < -0.4 is 4.74 Å². The van der Waals surface area contributed by atoms with Crippen LogP contribution in [0, 0.1) is 0 Å². The van der Waals surface area contributed by atoms with E-state index in [1.165, 1.54) is 16.8 Å². The van der Waals surface area contributed by atoms with E-state index in [-0.39, 0.29) is 5.91 Å². The van der Waals surface area contributed by atoms with Gasteiger partial charge < -0.3 is 4.74 Å². The van der Waals surface area contributed by atoms with Gasteiger partial charge in [0.25, 0.3) is 5.91 Å². The molecule has 3 rings (SSSR count). The molecule has 1 saturated heterocycles. The monoisotopic (exact) mass is 432 g/mol. The van der Waals surface area contributed by atoms with Crippen LogP contribution in [0.15, 0.2) is 63.0 Å². The number of thiocarbonyl (C=S) groups is 1. The van der Waals surface area contributed by atoms with E-state index in [9.17, 15) is 4.79 Å². The molecule has 0 bridgehead atoms. The molecule has 0 radical (unpaired) electrons. The fraction of sp³-hybridized carbons (Fsp3) is 0.0556. The Balaban J connectivity index is 1.78. The van der Waals surface area contributed by atoms with E-state index < -0.39 is 0 Å². The van der Waals surface area contributed by atoms with Gasteiger partial charge in [0.2, 0.25) is 0 Å². The highest BCUT2D eigenvalue weighted by atomic mass is 79.9. The van der Waals surface area contributed by atoms with E-state index in [1.54, 1.807) is 19.4 Å². The van der Waals surface area contributed by atoms with Crippen LogP contribution in [0.4, 0.5) is 0 Å². The second kappa shape index (κ2) is 7.95. The lowest BCUT2D eigenvalue weighted by molar-refractivity contribution is -0.122. The maximum Gasteiger partial charge on any atom is 0.286 e. The van der Waals surface area contributed by atoms with Crippen molar-refractivity contribution in [3.8, 4) is 5.75 Å². The van der Waals surface area contributed by atoms with Crippen LogP contribution in [-0.4, -0.2) is 28.6 Å². The molecule has 0 N–H and O–H groups in total. The van der Waals surface area contributed by atoms with Gasteiger partial charge in [0.05, 0.1) is 18.2 Å². The number of hydrogen-bond acceptors (Lipinski definition) is 5. The third-order valence-electron chi connectivity index (χ3n) is 3.36. The van der Waals surface area contributed by atoms with E-state index in [0.29, 0.717) is 9.23 Å². The van der Waals surface area contributed by atoms with Gasteiger partial charge in [-0.05, 0) is 53.7 Å². The second-order valence-electron chi connectivity index (χ2n) is 5.07. The molecule has 2 aromatic rings. The molecule has 0 unspecified atom stereocenters. The number of thioether (sulfide) groups is 1. The number of carbonyl (C=O) groups excluding carboxylic acids is 1. The summed E-state index contributed by atoms with van der Waals surface area (Å²) < 4.78 is 6.49. The molecule has 1 fully saturated rings. The first-order valence-corrected chi connectivity index (χ1v) is 9.30. The second-order valence-corrected chi connectivity index (χ2v) is 7.66. The van der Waals surface area contributed by atoms with E-state index in [4.69, 9.17) is 17.0 Å². The fourth-order valence-corrected chi connectivity index (χ4v) is 3.71. The molecule has 1 aliphatic heterocycles. The summed E-state index contributed by atoms with van der Waals surface area (Å²) in [6, 6.07) is 15.1. The number of rotatable bonds is 4. The smallest absolute Gasteiger partial charge is 0.286 e. The fourth-order valence-electron chi connectivity index (χ4n) is 2.12. The minimum atomic E-state index is -0.225. The summed E-state index contributed by atoms with van der Waals surface area (Å²) in [5.74, 6) is 0.542. The Kier molecular flexibility index (Phi) is 5.67. The average Bonchev–Trinajstić information content (AvgIpc) is 2.87. The van der Waals surface area contributed by atoms with Gasteiger partial charge in [-0.3, -0.25) is 4.79 Å². The molecule has 2 aromatic carbocycles. The standard InChI is InChI=1S/C18H13BrN2O2S2/c1-23-15-7-5-12(6-8-15)10-16-17(22)21(18(24)25-16)20-11-13-3-2-4-14(19)9-13/h2-11H,1H3. The van der Waals surface area contributed by atoms with Crippen molar-refractivity contribution in [1.82, 2.24) is 5.01 Å². The Morgan fingerprint density at radius 1 is 1.20 bits per heavy atom. The van der Waals surface area contributed by atoms with Crippen LogP contribution in [0.3, 0.4) is 0 Å². The van der Waals surface area contributed by atoms with Gasteiger partial charge in [0.15, 0.2) is 4.32 Å². The Labute approximate surface area is 163 Å². The largest absolute Gasteiger partial charge is 0.497 e. The topological polar surface area (TPSA) is 41.9 Å². The van der Waals surface area contributed by atoms with Gasteiger partial charge in [0.1, 0.15) is 5.75 Å². The molecule has 126 valence electrons. The molecule has 0 aromatic heterocycles. The van der Waals surface area contributed by atoms with Crippen molar-refractivity contribution >= 4 is 62.4 Å². The molecule has 1 amide bonds. The molecule has 4 nitrogen and oxygen atoms in total. The van der Waals surface area contributed by atoms with Gasteiger partial charge in [-0.15, -0.1) is 0 Å². The Morgan fingerprint density at radius 2 is 1.96 bits per heavy atom. The highest BCUT2D eigenvalue weighted by Gasteiger charge is 2.31. The molecular formula is C18H13BrN2O2S2. The number of hydrazone groups is 1. The number of amides is 1. The number of methoxy groups -OCH3 is 1. The van der Waals surface area contributed by atoms with Crippen molar-refractivity contribution in [2.45, 2.75) is 0 Å². The number of ether oxygens (including phenoxy) is 1. The third-order valence-corrected chi connectivity index (χ3v) is 5.13. The van der Waals surface area contributed by atoms with E-state index in [2.05, 4.69) is 21.0 Å². The van der Waals surface area contributed by atoms with E-state index in [0.717, 1.165) is 21.3 Å². The summed E-state index contributed by atoms with van der Waals surface area (Å²) in [7, 11) is 1.61. The normalized spacial score (nSPS) is 16.2. The molecule has 1 heterocycles. The SMILES string of the molecule is COc1ccc(C=C2SC(=S)N(N=Cc3cccc(Br)c3)C2=O)cc1. The first kappa shape index (κ1) is 17.8. The van der Waals surface area contributed by atoms with Gasteiger partial charge in [-0.2, -0.15) is 10.1 Å². The van der Waals surface area contributed by atoms with Crippen LogP contribution in [0.25, 0.3) is 6.08 Å². The van der Waals surface area contributed by atoms with Gasteiger partial charge in [0, 0.05) is 4.47 Å². The lowest BCUT2D eigenvalue weighted by atomic mass is 10.2. The summed E-state index contributed by atoms with van der Waals surface area (Å²) in [6.45, 7) is 0. The lowest BCUT2D eigenvalue weighted by Crippen LogP contribution is -2.22. The van der Waals surface area contributed by atoms with Crippen LogP contribution >= 0.6 is 39.9 Å². The first-order chi connectivity index (χ1) is 12.1. The summed E-state index contributed by atoms with van der Waals surface area (Å²) in [4.78, 5) is 13.1. The molecule has 7 heteroatoms. The molecule has 0 saturated carbocycles. The predicted octanol–water partition coefficient (Wildman–Crippen LogP) is 4.69. The number of benzene rings is 2. The van der Waals surface area contributed by atoms with Gasteiger partial charge >= 0.3 is 0 Å². The zero-order chi connectivity index (χ0) is 17.8. The lowest BCUT2D eigenvalue weighted by Gasteiger charge is -2.06. The third kappa shape index (κ3) is 4.36. The zero-order valence-electron chi connectivity index (χ0n) is 13.2. The summed E-state index contributed by atoms with van der Waals surface area (Å²) in [5, 5.41) is 5.48. The average molecular weight is 433 g/mol. The first-order valence-electron chi connectivity index (χ1n) is 7.28. The van der Waals surface area contributed by atoms with E-state index in [1.807, 2.05) is 48.5 Å². The highest BCUT2D eigenvalue weighted by Crippen LogP contribution is 2.33. The number of hydrogen-bond donors (Lipinski definition) is 0. The Bertz CT molecular complexity index is 879. The minimum absolute atomic E-state index is 0.225. The van der Waals surface area contributed by atoms with E-state index >= 15 is 0 Å². The Hall–Kier alpha value is -1.96. The highest BCUT2D eigenvalue weighted by molar-refractivity contribution is 9.10. The quantitative estimate of drug-likeness (QED) is 0.399. The van der Waals surface area contributed by atoms with Crippen molar-refractivity contribution in [3.63, 3.8) is 0 Å². The molecule has 0 spiro atoms. The minimum Gasteiger partial charge on any atom is -0.497 e. The van der Waals surface area contributed by atoms with Gasteiger partial charge in [-0.1, -0.05) is 52.0 Å². The molecule has 25 heavy (non-hydrogen) atoms. The zero-order valence-corrected chi connectivity index (χ0v) is 16.4.